The number of fused-ring (bicyclic) bond motifs is 2. The van der Waals surface area contributed by atoms with Crippen molar-refractivity contribution in [3.63, 3.8) is 0 Å². The molecule has 1 aliphatic rings. The van der Waals surface area contributed by atoms with Gasteiger partial charge in [0.1, 0.15) is 0 Å². The Morgan fingerprint density at radius 3 is 1.56 bits per heavy atom. The van der Waals surface area contributed by atoms with E-state index in [1.165, 1.54) is 92.8 Å². The van der Waals surface area contributed by atoms with Crippen molar-refractivity contribution in [1.29, 1.82) is 0 Å². The number of hydrogen-bond donors (Lipinski definition) is 0. The quantitative estimate of drug-likeness (QED) is 0.189. The molecule has 1 saturated carbocycles. The highest BCUT2D eigenvalue weighted by Gasteiger charge is 2.18. The molecule has 0 unspecified atom stereocenters. The Balaban J connectivity index is 1.16. The van der Waals surface area contributed by atoms with Gasteiger partial charge in [-0.2, -0.15) is 0 Å². The third-order valence-corrected chi connectivity index (χ3v) is 9.63. The number of nitrogens with zero attached hydrogens (tertiary/aromatic N) is 1. The molecule has 0 radical (unpaired) electrons. The summed E-state index contributed by atoms with van der Waals surface area (Å²) >= 11 is 0. The molecule has 0 aliphatic heterocycles. The van der Waals surface area contributed by atoms with Gasteiger partial charge in [-0.1, -0.05) is 128 Å². The maximum absolute atomic E-state index is 2.40. The average molecular weight is 580 g/mol. The van der Waals surface area contributed by atoms with Gasteiger partial charge in [0.25, 0.3) is 0 Å². The Bertz CT molecular complexity index is 2070. The highest BCUT2D eigenvalue weighted by Crippen LogP contribution is 2.40. The van der Waals surface area contributed by atoms with Gasteiger partial charge in [-0.3, -0.25) is 0 Å². The Labute approximate surface area is 266 Å². The SMILES string of the molecule is c1ccc(-c2ccc(N(c3ccc(C4CCCCC4)cc3)c3ccc4cc(-c5ccc6ccccc6c5)ccc4c3)cc2)cc1. The zero-order chi connectivity index (χ0) is 30.0. The van der Waals surface area contributed by atoms with Crippen LogP contribution >= 0.6 is 0 Å². The van der Waals surface area contributed by atoms with Gasteiger partial charge in [-0.05, 0) is 117 Å². The summed E-state index contributed by atoms with van der Waals surface area (Å²) in [5.74, 6) is 0.698. The highest BCUT2D eigenvalue weighted by molar-refractivity contribution is 5.94. The lowest BCUT2D eigenvalue weighted by Crippen LogP contribution is -2.10. The molecule has 0 amide bonds. The molecule has 218 valence electrons. The van der Waals surface area contributed by atoms with Gasteiger partial charge >= 0.3 is 0 Å². The fourth-order valence-electron chi connectivity index (χ4n) is 7.13. The number of benzene rings is 7. The summed E-state index contributed by atoms with van der Waals surface area (Å²) in [6.07, 6.45) is 6.72. The van der Waals surface area contributed by atoms with Crippen LogP contribution in [0.2, 0.25) is 0 Å². The summed E-state index contributed by atoms with van der Waals surface area (Å²) in [6, 6.07) is 58.0. The van der Waals surface area contributed by atoms with Gasteiger partial charge in [-0.15, -0.1) is 0 Å². The molecule has 1 nitrogen and oxygen atoms in total. The minimum absolute atomic E-state index is 0.698. The van der Waals surface area contributed by atoms with E-state index in [9.17, 15) is 0 Å². The van der Waals surface area contributed by atoms with Crippen molar-refractivity contribution < 1.29 is 0 Å². The predicted molar refractivity (Wildman–Crippen MR) is 193 cm³/mol. The summed E-state index contributed by atoms with van der Waals surface area (Å²) in [4.78, 5) is 2.40. The third kappa shape index (κ3) is 5.63. The van der Waals surface area contributed by atoms with Crippen LogP contribution in [0.4, 0.5) is 17.1 Å². The summed E-state index contributed by atoms with van der Waals surface area (Å²) in [5, 5.41) is 5.03. The number of hydrogen-bond acceptors (Lipinski definition) is 1. The molecular formula is C44H37N. The van der Waals surface area contributed by atoms with Crippen LogP contribution in [0.25, 0.3) is 43.8 Å². The van der Waals surface area contributed by atoms with Crippen molar-refractivity contribution in [3.8, 4) is 22.3 Å². The first-order chi connectivity index (χ1) is 22.3. The molecule has 45 heavy (non-hydrogen) atoms. The first kappa shape index (κ1) is 27.4. The fraction of sp³-hybridized carbons (Fsp3) is 0.136. The second kappa shape index (κ2) is 12.1. The fourth-order valence-corrected chi connectivity index (χ4v) is 7.13. The molecule has 8 rings (SSSR count). The van der Waals surface area contributed by atoms with Crippen LogP contribution in [-0.2, 0) is 0 Å². The van der Waals surface area contributed by atoms with E-state index in [1.807, 2.05) is 0 Å². The van der Waals surface area contributed by atoms with E-state index in [2.05, 4.69) is 163 Å². The Hall–Kier alpha value is -5.14. The lowest BCUT2D eigenvalue weighted by molar-refractivity contribution is 0.443. The molecule has 0 heterocycles. The minimum Gasteiger partial charge on any atom is -0.310 e. The number of rotatable bonds is 6. The van der Waals surface area contributed by atoms with Crippen LogP contribution in [0.3, 0.4) is 0 Å². The molecule has 1 fully saturated rings. The van der Waals surface area contributed by atoms with Crippen LogP contribution in [0, 0.1) is 0 Å². The van der Waals surface area contributed by atoms with Gasteiger partial charge in [-0.25, -0.2) is 0 Å². The van der Waals surface area contributed by atoms with Crippen molar-refractivity contribution in [1.82, 2.24) is 0 Å². The Morgan fingerprint density at radius 2 is 0.844 bits per heavy atom. The van der Waals surface area contributed by atoms with Crippen LogP contribution in [0.15, 0.2) is 158 Å². The van der Waals surface area contributed by atoms with Crippen LogP contribution in [0.5, 0.6) is 0 Å². The molecule has 1 heteroatoms. The summed E-state index contributed by atoms with van der Waals surface area (Å²) in [6.45, 7) is 0. The van der Waals surface area contributed by atoms with Crippen molar-refractivity contribution >= 4 is 38.6 Å². The predicted octanol–water partition coefficient (Wildman–Crippen LogP) is 12.8. The molecular weight excluding hydrogens is 542 g/mol. The minimum atomic E-state index is 0.698. The Kier molecular flexibility index (Phi) is 7.37. The molecule has 0 saturated heterocycles. The van der Waals surface area contributed by atoms with Gasteiger partial charge in [0, 0.05) is 17.1 Å². The van der Waals surface area contributed by atoms with E-state index in [0.29, 0.717) is 5.92 Å². The topological polar surface area (TPSA) is 3.24 Å². The summed E-state index contributed by atoms with van der Waals surface area (Å²) < 4.78 is 0. The van der Waals surface area contributed by atoms with Crippen LogP contribution in [0.1, 0.15) is 43.6 Å². The van der Waals surface area contributed by atoms with Crippen molar-refractivity contribution in [3.05, 3.63) is 163 Å². The molecule has 0 aromatic heterocycles. The maximum Gasteiger partial charge on any atom is 0.0468 e. The maximum atomic E-state index is 2.40. The third-order valence-electron chi connectivity index (χ3n) is 9.63. The lowest BCUT2D eigenvalue weighted by atomic mass is 9.84. The second-order valence-electron chi connectivity index (χ2n) is 12.5. The molecule has 7 aromatic rings. The lowest BCUT2D eigenvalue weighted by Gasteiger charge is -2.27. The van der Waals surface area contributed by atoms with E-state index in [0.717, 1.165) is 5.69 Å². The van der Waals surface area contributed by atoms with E-state index >= 15 is 0 Å². The van der Waals surface area contributed by atoms with Gasteiger partial charge < -0.3 is 4.90 Å². The molecule has 0 spiro atoms. The van der Waals surface area contributed by atoms with E-state index in [-0.39, 0.29) is 0 Å². The first-order valence-corrected chi connectivity index (χ1v) is 16.4. The van der Waals surface area contributed by atoms with Gasteiger partial charge in [0.05, 0.1) is 0 Å². The monoisotopic (exact) mass is 579 g/mol. The van der Waals surface area contributed by atoms with Crippen LogP contribution in [-0.4, -0.2) is 0 Å². The Morgan fingerprint density at radius 1 is 0.356 bits per heavy atom. The van der Waals surface area contributed by atoms with Crippen molar-refractivity contribution in [2.24, 2.45) is 0 Å². The van der Waals surface area contributed by atoms with E-state index in [4.69, 9.17) is 0 Å². The average Bonchev–Trinajstić information content (AvgIpc) is 3.12. The van der Waals surface area contributed by atoms with Crippen LogP contribution < -0.4 is 4.90 Å². The summed E-state index contributed by atoms with van der Waals surface area (Å²) in [5.41, 5.74) is 9.95. The van der Waals surface area contributed by atoms with Gasteiger partial charge in [0.15, 0.2) is 0 Å². The molecule has 0 atom stereocenters. The largest absolute Gasteiger partial charge is 0.310 e. The van der Waals surface area contributed by atoms with E-state index in [1.54, 1.807) is 0 Å². The van der Waals surface area contributed by atoms with Gasteiger partial charge in [0.2, 0.25) is 0 Å². The molecule has 0 N–H and O–H groups in total. The zero-order valence-corrected chi connectivity index (χ0v) is 25.6. The van der Waals surface area contributed by atoms with Crippen molar-refractivity contribution in [2.45, 2.75) is 38.0 Å². The smallest absolute Gasteiger partial charge is 0.0468 e. The first-order valence-electron chi connectivity index (χ1n) is 16.4. The molecule has 0 bridgehead atoms. The molecule has 1 aliphatic carbocycles. The standard InChI is InChI=1S/C44H37N/c1-3-9-32(10-4-1)35-19-24-42(25-20-35)45(43-26-21-36(22-27-43)33-11-5-2-6-12-33)44-28-23-40-30-39(17-18-41(40)31-44)38-16-15-34-13-7-8-14-37(34)29-38/h1,3-4,7-10,13-31,33H,2,5-6,11-12H2. The normalized spacial score (nSPS) is 13.7. The summed E-state index contributed by atoms with van der Waals surface area (Å²) in [7, 11) is 0. The molecule has 7 aromatic carbocycles. The number of anilines is 3. The van der Waals surface area contributed by atoms with Crippen molar-refractivity contribution in [2.75, 3.05) is 4.90 Å². The second-order valence-corrected chi connectivity index (χ2v) is 12.5. The highest BCUT2D eigenvalue weighted by atomic mass is 15.1. The van der Waals surface area contributed by atoms with E-state index < -0.39 is 0 Å². The zero-order valence-electron chi connectivity index (χ0n) is 25.6.